The van der Waals surface area contributed by atoms with Crippen LogP contribution < -0.4 is 0 Å². The molecule has 2 atom stereocenters. The van der Waals surface area contributed by atoms with Gasteiger partial charge < -0.3 is 18.9 Å². The zero-order valence-electron chi connectivity index (χ0n) is 34.7. The SMILES string of the molecule is CC/C=C\C/C=C\C/C=C\C/C=C\C/C=C\CCCCCCCCCCCC(=O)OC(COCCCCCCCC)COP(=O)(O)OCC[N+](C)(C)C. The van der Waals surface area contributed by atoms with Crippen LogP contribution in [0.4, 0.5) is 0 Å². The zero-order valence-corrected chi connectivity index (χ0v) is 35.6. The van der Waals surface area contributed by atoms with Crippen molar-refractivity contribution in [2.24, 2.45) is 0 Å². The number of hydrogen-bond donors (Lipinski definition) is 1. The topological polar surface area (TPSA) is 91.3 Å². The monoisotopic (exact) mass is 767 g/mol. The van der Waals surface area contributed by atoms with Gasteiger partial charge in [-0.2, -0.15) is 0 Å². The number of hydrogen-bond acceptors (Lipinski definition) is 6. The standard InChI is InChI=1S/C44H80NO7P/c1-6-8-10-12-14-15-16-17-18-19-20-21-22-23-24-25-26-27-28-29-30-31-32-33-35-37-44(46)52-43(41-49-39-36-34-13-11-9-7-2)42-51-53(47,48)50-40-38-45(3,4)5/h8,10,14-15,17-18,20-21,23-24,43H,6-7,9,11-13,16,19,22,25-42H2,1-5H3/p+1/b10-8-,15-14-,18-17-,21-20-,24-23-. The molecule has 0 amide bonds. The van der Waals surface area contributed by atoms with E-state index in [0.717, 1.165) is 70.6 Å². The van der Waals surface area contributed by atoms with Gasteiger partial charge in [0.2, 0.25) is 0 Å². The molecule has 0 rings (SSSR count). The van der Waals surface area contributed by atoms with Crippen LogP contribution in [0.3, 0.4) is 0 Å². The van der Waals surface area contributed by atoms with Crippen LogP contribution in [-0.4, -0.2) is 75.6 Å². The van der Waals surface area contributed by atoms with E-state index in [1.54, 1.807) is 0 Å². The number of carbonyl (C=O) groups excluding carboxylic acids is 1. The van der Waals surface area contributed by atoms with Crippen molar-refractivity contribution in [3.8, 4) is 0 Å². The first-order chi connectivity index (χ1) is 25.6. The number of likely N-dealkylation sites (N-methyl/N-ethyl adjacent to an activating group) is 1. The van der Waals surface area contributed by atoms with E-state index in [0.29, 0.717) is 24.1 Å². The van der Waals surface area contributed by atoms with Gasteiger partial charge in [-0.3, -0.25) is 13.8 Å². The van der Waals surface area contributed by atoms with Gasteiger partial charge in [0, 0.05) is 13.0 Å². The summed E-state index contributed by atoms with van der Waals surface area (Å²) < 4.78 is 34.7. The number of phosphoric ester groups is 1. The van der Waals surface area contributed by atoms with Gasteiger partial charge in [-0.25, -0.2) is 4.57 Å². The maximum atomic E-state index is 12.6. The highest BCUT2D eigenvalue weighted by Crippen LogP contribution is 2.43. The lowest BCUT2D eigenvalue weighted by Crippen LogP contribution is -2.37. The molecular weight excluding hydrogens is 685 g/mol. The fourth-order valence-corrected chi connectivity index (χ4v) is 6.08. The molecule has 308 valence electrons. The fraction of sp³-hybridized carbons (Fsp3) is 0.750. The molecule has 0 bridgehead atoms. The maximum Gasteiger partial charge on any atom is 0.472 e. The number of esters is 1. The summed E-state index contributed by atoms with van der Waals surface area (Å²) in [5, 5.41) is 0. The van der Waals surface area contributed by atoms with Crippen molar-refractivity contribution in [3.05, 3.63) is 60.8 Å². The van der Waals surface area contributed by atoms with E-state index in [1.807, 2.05) is 21.1 Å². The van der Waals surface area contributed by atoms with Crippen LogP contribution in [0.2, 0.25) is 0 Å². The molecule has 0 aromatic carbocycles. The Hall–Kier alpha value is -1.80. The number of allylic oxidation sites excluding steroid dienone is 10. The Bertz CT molecular complexity index is 1030. The summed E-state index contributed by atoms with van der Waals surface area (Å²) >= 11 is 0. The lowest BCUT2D eigenvalue weighted by molar-refractivity contribution is -0.870. The van der Waals surface area contributed by atoms with E-state index in [1.165, 1.54) is 64.2 Å². The van der Waals surface area contributed by atoms with Crippen molar-refractivity contribution in [1.29, 1.82) is 0 Å². The summed E-state index contributed by atoms with van der Waals surface area (Å²) in [5.41, 5.74) is 0. The molecule has 0 radical (unpaired) electrons. The summed E-state index contributed by atoms with van der Waals surface area (Å²) in [6.07, 6.45) is 45.6. The predicted molar refractivity (Wildman–Crippen MR) is 224 cm³/mol. The van der Waals surface area contributed by atoms with Crippen molar-refractivity contribution in [2.75, 3.05) is 54.1 Å². The highest BCUT2D eigenvalue weighted by Gasteiger charge is 2.26. The lowest BCUT2D eigenvalue weighted by atomic mass is 10.1. The van der Waals surface area contributed by atoms with Crippen LogP contribution in [0.5, 0.6) is 0 Å². The van der Waals surface area contributed by atoms with E-state index < -0.39 is 13.9 Å². The summed E-state index contributed by atoms with van der Waals surface area (Å²) in [4.78, 5) is 22.7. The maximum absolute atomic E-state index is 12.6. The normalized spacial score (nSPS) is 14.5. The van der Waals surface area contributed by atoms with E-state index in [9.17, 15) is 14.3 Å². The van der Waals surface area contributed by atoms with Crippen molar-refractivity contribution >= 4 is 13.8 Å². The third-order valence-electron chi connectivity index (χ3n) is 8.59. The molecule has 0 saturated heterocycles. The van der Waals surface area contributed by atoms with Crippen molar-refractivity contribution in [2.45, 2.75) is 161 Å². The van der Waals surface area contributed by atoms with Gasteiger partial charge in [-0.05, 0) is 57.8 Å². The molecule has 0 spiro atoms. The molecule has 0 aromatic heterocycles. The van der Waals surface area contributed by atoms with Gasteiger partial charge in [0.25, 0.3) is 0 Å². The molecule has 0 aromatic rings. The largest absolute Gasteiger partial charge is 0.472 e. The minimum atomic E-state index is -4.26. The van der Waals surface area contributed by atoms with E-state index in [4.69, 9.17) is 18.5 Å². The number of phosphoric acid groups is 1. The summed E-state index contributed by atoms with van der Waals surface area (Å²) in [5.74, 6) is -0.326. The quantitative estimate of drug-likeness (QED) is 0.0220. The molecule has 0 fully saturated rings. The van der Waals surface area contributed by atoms with Crippen LogP contribution >= 0.6 is 7.82 Å². The summed E-state index contributed by atoms with van der Waals surface area (Å²) in [6.45, 7) is 5.44. The number of carbonyl (C=O) groups is 1. The molecule has 0 saturated carbocycles. The predicted octanol–water partition coefficient (Wildman–Crippen LogP) is 12.2. The molecule has 53 heavy (non-hydrogen) atoms. The minimum Gasteiger partial charge on any atom is -0.457 e. The Balaban J connectivity index is 4.05. The Morgan fingerprint density at radius 3 is 1.64 bits per heavy atom. The number of ether oxygens (including phenoxy) is 2. The third-order valence-corrected chi connectivity index (χ3v) is 9.58. The van der Waals surface area contributed by atoms with Gasteiger partial charge in [0.15, 0.2) is 0 Å². The summed E-state index contributed by atoms with van der Waals surface area (Å²) in [6, 6.07) is 0. The molecule has 1 N–H and O–H groups in total. The second-order valence-corrected chi connectivity index (χ2v) is 16.4. The fourth-order valence-electron chi connectivity index (χ4n) is 5.34. The van der Waals surface area contributed by atoms with Gasteiger partial charge in [0.1, 0.15) is 19.3 Å². The number of quaternary nitrogens is 1. The zero-order chi connectivity index (χ0) is 39.1. The average molecular weight is 767 g/mol. The van der Waals surface area contributed by atoms with Crippen LogP contribution in [-0.2, 0) is 27.9 Å². The average Bonchev–Trinajstić information content (AvgIpc) is 3.11. The van der Waals surface area contributed by atoms with Gasteiger partial charge in [-0.1, -0.05) is 152 Å². The third kappa shape index (κ3) is 41.2. The molecule has 0 aliphatic heterocycles. The number of nitrogens with zero attached hydrogens (tertiary/aromatic N) is 1. The number of rotatable bonds is 38. The van der Waals surface area contributed by atoms with E-state index >= 15 is 0 Å². The highest BCUT2D eigenvalue weighted by atomic mass is 31.2. The van der Waals surface area contributed by atoms with Crippen molar-refractivity contribution < 1.29 is 37.3 Å². The first-order valence-corrected chi connectivity index (χ1v) is 22.5. The Labute approximate surface area is 326 Å². The Kier molecular flexibility index (Phi) is 35.9. The molecule has 0 aliphatic rings. The first-order valence-electron chi connectivity index (χ1n) is 21.0. The molecule has 8 nitrogen and oxygen atoms in total. The van der Waals surface area contributed by atoms with Gasteiger partial charge >= 0.3 is 13.8 Å². The molecule has 0 heterocycles. The lowest BCUT2D eigenvalue weighted by Gasteiger charge is -2.24. The van der Waals surface area contributed by atoms with Crippen LogP contribution in [0, 0.1) is 0 Å². The first kappa shape index (κ1) is 51.2. The van der Waals surface area contributed by atoms with Gasteiger partial charge in [-0.15, -0.1) is 0 Å². The molecule has 2 unspecified atom stereocenters. The Morgan fingerprint density at radius 2 is 1.09 bits per heavy atom. The van der Waals surface area contributed by atoms with Gasteiger partial charge in [0.05, 0.1) is 34.4 Å². The van der Waals surface area contributed by atoms with Crippen molar-refractivity contribution in [1.82, 2.24) is 0 Å². The smallest absolute Gasteiger partial charge is 0.457 e. The van der Waals surface area contributed by atoms with Crippen LogP contribution in [0.25, 0.3) is 0 Å². The summed E-state index contributed by atoms with van der Waals surface area (Å²) in [7, 11) is 1.65. The number of unbranched alkanes of at least 4 members (excludes halogenated alkanes) is 14. The second-order valence-electron chi connectivity index (χ2n) is 15.0. The van der Waals surface area contributed by atoms with E-state index in [-0.39, 0.29) is 25.8 Å². The molecule has 9 heteroatoms. The van der Waals surface area contributed by atoms with Crippen LogP contribution in [0.15, 0.2) is 60.8 Å². The van der Waals surface area contributed by atoms with Crippen LogP contribution in [0.1, 0.15) is 155 Å². The second kappa shape index (κ2) is 37.1. The molecule has 0 aliphatic carbocycles. The van der Waals surface area contributed by atoms with Crippen molar-refractivity contribution in [3.63, 3.8) is 0 Å². The van der Waals surface area contributed by atoms with E-state index in [2.05, 4.69) is 74.6 Å². The minimum absolute atomic E-state index is 0.0854. The highest BCUT2D eigenvalue weighted by molar-refractivity contribution is 7.47. The Morgan fingerprint density at radius 1 is 0.604 bits per heavy atom. The molecular formula is C44H81NO7P+.